The summed E-state index contributed by atoms with van der Waals surface area (Å²) in [5.74, 6) is 1.43. The molecule has 150 valence electrons. The molecule has 0 bridgehead atoms. The quantitative estimate of drug-likeness (QED) is 0.594. The van der Waals surface area contributed by atoms with E-state index in [1.54, 1.807) is 4.68 Å². The number of hydrogen-bond donors (Lipinski definition) is 2. The normalized spacial score (nSPS) is 18.3. The second kappa shape index (κ2) is 7.27. The minimum absolute atomic E-state index is 0.261. The Bertz CT molecular complexity index is 1010. The van der Waals surface area contributed by atoms with E-state index in [4.69, 9.17) is 0 Å². The van der Waals surface area contributed by atoms with Gasteiger partial charge in [0.2, 0.25) is 0 Å². The number of nitrogens with zero attached hydrogens (tertiary/aromatic N) is 2. The summed E-state index contributed by atoms with van der Waals surface area (Å²) in [7, 11) is 0. The van der Waals surface area contributed by atoms with Crippen molar-refractivity contribution >= 4 is 17.5 Å². The molecule has 1 aliphatic carbocycles. The number of aromatic nitrogens is 2. The van der Waals surface area contributed by atoms with Gasteiger partial charge in [0.05, 0.1) is 16.9 Å². The third-order valence-corrected chi connectivity index (χ3v) is 4.93. The minimum atomic E-state index is -4.42. The molecule has 2 amide bonds. The van der Waals surface area contributed by atoms with Crippen molar-refractivity contribution in [3.05, 3.63) is 71.9 Å². The molecule has 2 atom stereocenters. The monoisotopic (exact) mass is 400 g/mol. The van der Waals surface area contributed by atoms with E-state index >= 15 is 0 Å². The van der Waals surface area contributed by atoms with Gasteiger partial charge in [0.15, 0.2) is 0 Å². The molecule has 2 unspecified atom stereocenters. The van der Waals surface area contributed by atoms with Crippen LogP contribution in [0.2, 0.25) is 0 Å². The molecule has 1 heterocycles. The molecule has 0 spiro atoms. The maximum atomic E-state index is 12.7. The summed E-state index contributed by atoms with van der Waals surface area (Å²) in [5.41, 5.74) is 1.20. The van der Waals surface area contributed by atoms with Crippen molar-refractivity contribution in [2.45, 2.75) is 25.4 Å². The summed E-state index contributed by atoms with van der Waals surface area (Å²) >= 11 is 0. The standard InChI is InChI=1S/C21H19F3N4O/c1-13-11-17(13)18-12-19(28(27-18)16-5-3-2-4-6-16)26-20(29)25-15-9-7-14(8-10-15)21(22,23)24/h2-10,12-13,17H,11H2,1H3,(H2,25,26,29). The van der Waals surface area contributed by atoms with Crippen LogP contribution in [0.3, 0.4) is 0 Å². The van der Waals surface area contributed by atoms with Gasteiger partial charge >= 0.3 is 12.2 Å². The first-order chi connectivity index (χ1) is 13.8. The van der Waals surface area contributed by atoms with Crippen molar-refractivity contribution in [3.63, 3.8) is 0 Å². The average molecular weight is 400 g/mol. The first kappa shape index (κ1) is 19.0. The van der Waals surface area contributed by atoms with Gasteiger partial charge in [-0.15, -0.1) is 0 Å². The highest BCUT2D eigenvalue weighted by Crippen LogP contribution is 2.47. The van der Waals surface area contributed by atoms with E-state index in [1.165, 1.54) is 12.1 Å². The lowest BCUT2D eigenvalue weighted by molar-refractivity contribution is -0.137. The van der Waals surface area contributed by atoms with Crippen LogP contribution in [0.1, 0.15) is 30.5 Å². The molecule has 8 heteroatoms. The Kier molecular flexibility index (Phi) is 4.77. The van der Waals surface area contributed by atoms with Gasteiger partial charge in [0, 0.05) is 17.7 Å². The van der Waals surface area contributed by atoms with Crippen LogP contribution in [0.15, 0.2) is 60.7 Å². The van der Waals surface area contributed by atoms with Crippen molar-refractivity contribution in [2.75, 3.05) is 10.6 Å². The fraction of sp³-hybridized carbons (Fsp3) is 0.238. The summed E-state index contributed by atoms with van der Waals surface area (Å²) in [5, 5.41) is 9.94. The van der Waals surface area contributed by atoms with Gasteiger partial charge in [-0.2, -0.15) is 18.3 Å². The molecule has 1 fully saturated rings. The molecule has 1 saturated carbocycles. The van der Waals surface area contributed by atoms with Crippen LogP contribution in [-0.4, -0.2) is 15.8 Å². The number of amides is 2. The number of alkyl halides is 3. The zero-order valence-corrected chi connectivity index (χ0v) is 15.6. The molecule has 5 nitrogen and oxygen atoms in total. The molecule has 0 aliphatic heterocycles. The third kappa shape index (κ3) is 4.26. The number of anilines is 2. The fourth-order valence-electron chi connectivity index (χ4n) is 3.19. The minimum Gasteiger partial charge on any atom is -0.308 e. The van der Waals surface area contributed by atoms with E-state index in [0.717, 1.165) is 29.9 Å². The first-order valence-corrected chi connectivity index (χ1v) is 9.22. The van der Waals surface area contributed by atoms with E-state index in [2.05, 4.69) is 22.7 Å². The van der Waals surface area contributed by atoms with Crippen molar-refractivity contribution in [2.24, 2.45) is 5.92 Å². The summed E-state index contributed by atoms with van der Waals surface area (Å²) < 4.78 is 39.7. The van der Waals surface area contributed by atoms with Crippen LogP contribution in [0.25, 0.3) is 5.69 Å². The predicted molar refractivity (Wildman–Crippen MR) is 104 cm³/mol. The third-order valence-electron chi connectivity index (χ3n) is 4.93. The van der Waals surface area contributed by atoms with Crippen LogP contribution >= 0.6 is 0 Å². The van der Waals surface area contributed by atoms with Crippen molar-refractivity contribution in [1.29, 1.82) is 0 Å². The maximum absolute atomic E-state index is 12.7. The van der Waals surface area contributed by atoms with Gasteiger partial charge in [-0.1, -0.05) is 25.1 Å². The molecule has 2 aromatic carbocycles. The van der Waals surface area contributed by atoms with Crippen LogP contribution < -0.4 is 10.6 Å². The van der Waals surface area contributed by atoms with Crippen LogP contribution in [0, 0.1) is 5.92 Å². The zero-order chi connectivity index (χ0) is 20.6. The van der Waals surface area contributed by atoms with Crippen molar-refractivity contribution in [3.8, 4) is 5.69 Å². The largest absolute Gasteiger partial charge is 0.416 e. The first-order valence-electron chi connectivity index (χ1n) is 9.22. The molecule has 0 saturated heterocycles. The van der Waals surface area contributed by atoms with E-state index < -0.39 is 17.8 Å². The van der Waals surface area contributed by atoms with Gasteiger partial charge in [0.1, 0.15) is 5.82 Å². The van der Waals surface area contributed by atoms with Crippen LogP contribution in [0.5, 0.6) is 0 Å². The number of rotatable bonds is 4. The Morgan fingerprint density at radius 3 is 2.31 bits per heavy atom. The second-order valence-electron chi connectivity index (χ2n) is 7.18. The maximum Gasteiger partial charge on any atom is 0.416 e. The molecule has 0 radical (unpaired) electrons. The number of urea groups is 1. The average Bonchev–Trinajstić information content (AvgIpc) is 3.27. The van der Waals surface area contributed by atoms with E-state index in [0.29, 0.717) is 17.7 Å². The summed E-state index contributed by atoms with van der Waals surface area (Å²) in [6, 6.07) is 15.0. The number of nitrogens with one attached hydrogen (secondary N) is 2. The van der Waals surface area contributed by atoms with Gasteiger partial charge < -0.3 is 5.32 Å². The molecule has 2 N–H and O–H groups in total. The number of hydrogen-bond acceptors (Lipinski definition) is 2. The van der Waals surface area contributed by atoms with Crippen molar-refractivity contribution < 1.29 is 18.0 Å². The number of para-hydroxylation sites is 1. The van der Waals surface area contributed by atoms with Crippen molar-refractivity contribution in [1.82, 2.24) is 9.78 Å². The Labute approximate surface area is 165 Å². The zero-order valence-electron chi connectivity index (χ0n) is 15.6. The Morgan fingerprint density at radius 2 is 1.72 bits per heavy atom. The molecule has 29 heavy (non-hydrogen) atoms. The summed E-state index contributed by atoms with van der Waals surface area (Å²) in [6.07, 6.45) is -3.36. The molecule has 3 aromatic rings. The summed E-state index contributed by atoms with van der Waals surface area (Å²) in [4.78, 5) is 12.4. The Morgan fingerprint density at radius 1 is 1.07 bits per heavy atom. The second-order valence-corrected chi connectivity index (χ2v) is 7.18. The lowest BCUT2D eigenvalue weighted by atomic mass is 10.2. The van der Waals surface area contributed by atoms with Gasteiger partial charge in [-0.3, -0.25) is 5.32 Å². The number of carbonyl (C=O) groups is 1. The highest BCUT2D eigenvalue weighted by atomic mass is 19.4. The molecular formula is C21H19F3N4O. The van der Waals surface area contributed by atoms with E-state index in [9.17, 15) is 18.0 Å². The number of benzene rings is 2. The highest BCUT2D eigenvalue weighted by Gasteiger charge is 2.36. The van der Waals surface area contributed by atoms with Gasteiger partial charge in [0.25, 0.3) is 0 Å². The van der Waals surface area contributed by atoms with E-state index in [1.807, 2.05) is 36.4 Å². The smallest absolute Gasteiger partial charge is 0.308 e. The molecule has 1 aliphatic rings. The summed E-state index contributed by atoms with van der Waals surface area (Å²) in [6.45, 7) is 2.15. The number of carbonyl (C=O) groups excluding carboxylic acids is 1. The predicted octanol–water partition coefficient (Wildman–Crippen LogP) is 5.66. The molecule has 1 aromatic heterocycles. The van der Waals surface area contributed by atoms with Crippen LogP contribution in [-0.2, 0) is 6.18 Å². The number of halogens is 3. The lowest BCUT2D eigenvalue weighted by Crippen LogP contribution is -2.21. The van der Waals surface area contributed by atoms with Gasteiger partial charge in [-0.05, 0) is 48.7 Å². The fourth-order valence-corrected chi connectivity index (χ4v) is 3.19. The molecule has 4 rings (SSSR count). The molecular weight excluding hydrogens is 381 g/mol. The van der Waals surface area contributed by atoms with Gasteiger partial charge in [-0.25, -0.2) is 9.48 Å². The topological polar surface area (TPSA) is 59.0 Å². The lowest BCUT2D eigenvalue weighted by Gasteiger charge is -2.11. The SMILES string of the molecule is CC1CC1c1cc(NC(=O)Nc2ccc(C(F)(F)F)cc2)n(-c2ccccc2)n1. The highest BCUT2D eigenvalue weighted by molar-refractivity contribution is 5.99. The van der Waals surface area contributed by atoms with Crippen LogP contribution in [0.4, 0.5) is 29.5 Å². The Hall–Kier alpha value is -3.29. The Balaban J connectivity index is 1.52. The van der Waals surface area contributed by atoms with E-state index in [-0.39, 0.29) is 5.69 Å².